The maximum atomic E-state index is 12.8. The Morgan fingerprint density at radius 3 is 2.04 bits per heavy atom. The number of nitrogens with zero attached hydrogens (tertiary/aromatic N) is 3. The first-order valence-corrected chi connectivity index (χ1v) is 9.54. The number of hydrogen-bond acceptors (Lipinski definition) is 4. The topological polar surface area (TPSA) is 52.8 Å². The number of hydrogen-bond donors (Lipinski definition) is 1. The van der Waals surface area contributed by atoms with Gasteiger partial charge in [-0.2, -0.15) is 0 Å². The Bertz CT molecular complexity index is 527. The number of benzene rings is 1. The summed E-state index contributed by atoms with van der Waals surface area (Å²) in [5.41, 5.74) is 6.82. The fraction of sp³-hybridized carbons (Fsp3) is 0.650. The first kappa shape index (κ1) is 29.5. The standard InChI is InChI=1S/C20H34N4O.3ClH/c1-4-20(5-2,17-21)19(25)22(3)11-12-23-13-15-24(16-14-23)18-9-7-6-8-10-18;;;/h6-10H,4-5,11-17,21H2,1-3H3;3*1H. The van der Waals surface area contributed by atoms with Gasteiger partial charge in [0.25, 0.3) is 0 Å². The molecule has 1 aliphatic heterocycles. The van der Waals surface area contributed by atoms with Gasteiger partial charge in [0.05, 0.1) is 5.41 Å². The lowest BCUT2D eigenvalue weighted by molar-refractivity contribution is -0.141. The summed E-state index contributed by atoms with van der Waals surface area (Å²) in [4.78, 5) is 19.5. The van der Waals surface area contributed by atoms with Gasteiger partial charge >= 0.3 is 0 Å². The minimum Gasteiger partial charge on any atom is -0.369 e. The highest BCUT2D eigenvalue weighted by Gasteiger charge is 2.35. The number of likely N-dealkylation sites (N-methyl/N-ethyl adjacent to an activating group) is 1. The number of para-hydroxylation sites is 1. The van der Waals surface area contributed by atoms with Crippen LogP contribution in [0.4, 0.5) is 5.69 Å². The Kier molecular flexibility index (Phi) is 15.0. The molecule has 1 saturated heterocycles. The number of rotatable bonds is 8. The van der Waals surface area contributed by atoms with Crippen LogP contribution in [0.3, 0.4) is 0 Å². The number of carbonyl (C=O) groups is 1. The average Bonchev–Trinajstić information content (AvgIpc) is 2.69. The Morgan fingerprint density at radius 2 is 1.57 bits per heavy atom. The summed E-state index contributed by atoms with van der Waals surface area (Å²) in [6, 6.07) is 10.6. The van der Waals surface area contributed by atoms with Gasteiger partial charge < -0.3 is 15.5 Å². The Labute approximate surface area is 189 Å². The molecule has 0 saturated carbocycles. The highest BCUT2D eigenvalue weighted by atomic mass is 35.5. The van der Waals surface area contributed by atoms with Crippen molar-refractivity contribution >= 4 is 48.8 Å². The molecule has 0 aliphatic carbocycles. The van der Waals surface area contributed by atoms with Crippen molar-refractivity contribution in [3.8, 4) is 0 Å². The highest BCUT2D eigenvalue weighted by molar-refractivity contribution is 5.86. The fourth-order valence-electron chi connectivity index (χ4n) is 3.59. The number of halogens is 3. The van der Waals surface area contributed by atoms with Crippen LogP contribution in [0.1, 0.15) is 26.7 Å². The molecule has 0 aromatic heterocycles. The van der Waals surface area contributed by atoms with E-state index in [4.69, 9.17) is 5.73 Å². The molecule has 0 bridgehead atoms. The van der Waals surface area contributed by atoms with Crippen LogP contribution in [-0.4, -0.2) is 68.6 Å². The molecule has 1 aromatic carbocycles. The summed E-state index contributed by atoms with van der Waals surface area (Å²) >= 11 is 0. The van der Waals surface area contributed by atoms with Gasteiger partial charge in [0, 0.05) is 58.5 Å². The van der Waals surface area contributed by atoms with Crippen LogP contribution < -0.4 is 10.6 Å². The number of anilines is 1. The van der Waals surface area contributed by atoms with Crippen molar-refractivity contribution in [3.05, 3.63) is 30.3 Å². The van der Waals surface area contributed by atoms with E-state index >= 15 is 0 Å². The van der Waals surface area contributed by atoms with Gasteiger partial charge in [-0.3, -0.25) is 9.69 Å². The minimum absolute atomic E-state index is 0. The molecule has 1 aromatic rings. The van der Waals surface area contributed by atoms with Crippen LogP contribution in [0.5, 0.6) is 0 Å². The molecule has 1 amide bonds. The third-order valence-electron chi connectivity index (χ3n) is 5.79. The van der Waals surface area contributed by atoms with Gasteiger partial charge in [0.2, 0.25) is 5.91 Å². The van der Waals surface area contributed by atoms with E-state index in [1.807, 2.05) is 11.9 Å². The lowest BCUT2D eigenvalue weighted by Gasteiger charge is -2.38. The van der Waals surface area contributed by atoms with Gasteiger partial charge in [-0.1, -0.05) is 32.0 Å². The third kappa shape index (κ3) is 7.27. The molecule has 1 aliphatic rings. The smallest absolute Gasteiger partial charge is 0.229 e. The first-order chi connectivity index (χ1) is 12.1. The molecule has 0 atom stereocenters. The quantitative estimate of drug-likeness (QED) is 0.653. The molecule has 2 N–H and O–H groups in total. The highest BCUT2D eigenvalue weighted by Crippen LogP contribution is 2.27. The van der Waals surface area contributed by atoms with Crippen LogP contribution in [0.2, 0.25) is 0 Å². The minimum atomic E-state index is -0.388. The van der Waals surface area contributed by atoms with E-state index in [0.29, 0.717) is 6.54 Å². The molecule has 5 nitrogen and oxygen atoms in total. The van der Waals surface area contributed by atoms with E-state index in [1.165, 1.54) is 5.69 Å². The largest absolute Gasteiger partial charge is 0.369 e. The zero-order valence-corrected chi connectivity index (χ0v) is 19.8. The van der Waals surface area contributed by atoms with E-state index < -0.39 is 0 Å². The van der Waals surface area contributed by atoms with E-state index in [-0.39, 0.29) is 48.5 Å². The predicted molar refractivity (Wildman–Crippen MR) is 127 cm³/mol. The predicted octanol–water partition coefficient (Wildman–Crippen LogP) is 3.30. The second kappa shape index (κ2) is 14.3. The lowest BCUT2D eigenvalue weighted by atomic mass is 9.81. The maximum Gasteiger partial charge on any atom is 0.229 e. The van der Waals surface area contributed by atoms with Crippen LogP contribution in [0.25, 0.3) is 0 Å². The molecule has 1 heterocycles. The molecule has 28 heavy (non-hydrogen) atoms. The molecule has 8 heteroatoms. The van der Waals surface area contributed by atoms with E-state index in [1.54, 1.807) is 0 Å². The van der Waals surface area contributed by atoms with Crippen LogP contribution in [0.15, 0.2) is 30.3 Å². The summed E-state index contributed by atoms with van der Waals surface area (Å²) in [6.07, 6.45) is 1.61. The molecule has 0 radical (unpaired) electrons. The number of piperazine rings is 1. The van der Waals surface area contributed by atoms with Crippen molar-refractivity contribution in [3.63, 3.8) is 0 Å². The number of amides is 1. The Balaban J connectivity index is 0. The second-order valence-electron chi connectivity index (χ2n) is 7.08. The van der Waals surface area contributed by atoms with Crippen molar-refractivity contribution in [1.29, 1.82) is 0 Å². The summed E-state index contributed by atoms with van der Waals surface area (Å²) in [7, 11) is 1.91. The molecule has 2 rings (SSSR count). The Hall–Kier alpha value is -0.720. The van der Waals surface area contributed by atoms with E-state index in [0.717, 1.165) is 52.1 Å². The summed E-state index contributed by atoms with van der Waals surface area (Å²) in [6.45, 7) is 10.4. The normalized spacial score (nSPS) is 14.4. The number of carbonyl (C=O) groups excluding carboxylic acids is 1. The average molecular weight is 456 g/mol. The molecule has 164 valence electrons. The lowest BCUT2D eigenvalue weighted by Crippen LogP contribution is -2.51. The van der Waals surface area contributed by atoms with E-state index in [2.05, 4.69) is 54.0 Å². The summed E-state index contributed by atoms with van der Waals surface area (Å²) in [5.74, 6) is 0.197. The van der Waals surface area contributed by atoms with E-state index in [9.17, 15) is 4.79 Å². The number of nitrogens with two attached hydrogens (primary N) is 1. The molecule has 0 unspecified atom stereocenters. The molecule has 0 spiro atoms. The van der Waals surface area contributed by atoms with Crippen LogP contribution in [0, 0.1) is 5.41 Å². The van der Waals surface area contributed by atoms with Gasteiger partial charge in [0.15, 0.2) is 0 Å². The van der Waals surface area contributed by atoms with Crippen molar-refractivity contribution in [1.82, 2.24) is 9.80 Å². The van der Waals surface area contributed by atoms with Crippen molar-refractivity contribution in [2.45, 2.75) is 26.7 Å². The van der Waals surface area contributed by atoms with Crippen molar-refractivity contribution in [2.75, 3.05) is 57.8 Å². The maximum absolute atomic E-state index is 12.8. The molecule has 1 fully saturated rings. The van der Waals surface area contributed by atoms with Crippen molar-refractivity contribution < 1.29 is 4.79 Å². The van der Waals surface area contributed by atoms with Crippen LogP contribution >= 0.6 is 37.2 Å². The molecular formula is C20H37Cl3N4O. The zero-order valence-electron chi connectivity index (χ0n) is 17.3. The summed E-state index contributed by atoms with van der Waals surface area (Å²) in [5, 5.41) is 0. The van der Waals surface area contributed by atoms with Gasteiger partial charge in [-0.25, -0.2) is 0 Å². The van der Waals surface area contributed by atoms with Gasteiger partial charge in [0.1, 0.15) is 0 Å². The monoisotopic (exact) mass is 454 g/mol. The zero-order chi connectivity index (χ0) is 18.3. The Morgan fingerprint density at radius 1 is 1.04 bits per heavy atom. The van der Waals surface area contributed by atoms with Crippen molar-refractivity contribution in [2.24, 2.45) is 11.1 Å². The summed E-state index contributed by atoms with van der Waals surface area (Å²) < 4.78 is 0. The first-order valence-electron chi connectivity index (χ1n) is 9.54. The van der Waals surface area contributed by atoms with Crippen LogP contribution in [-0.2, 0) is 4.79 Å². The van der Waals surface area contributed by atoms with Gasteiger partial charge in [-0.05, 0) is 25.0 Å². The third-order valence-corrected chi connectivity index (χ3v) is 5.79. The van der Waals surface area contributed by atoms with Gasteiger partial charge in [-0.15, -0.1) is 37.2 Å². The molecular weight excluding hydrogens is 419 g/mol. The second-order valence-corrected chi connectivity index (χ2v) is 7.08. The SMILES string of the molecule is CCC(CC)(CN)C(=O)N(C)CCN1CCN(c2ccccc2)CC1.Cl.Cl.Cl. The fourth-order valence-corrected chi connectivity index (χ4v) is 3.59.